The van der Waals surface area contributed by atoms with Crippen molar-refractivity contribution in [3.8, 4) is 35.4 Å². The lowest BCUT2D eigenvalue weighted by Crippen LogP contribution is -2.36. The maximum absolute atomic E-state index is 12.8. The second kappa shape index (κ2) is 22.1. The Bertz CT molecular complexity index is 2360. The van der Waals surface area contributed by atoms with Gasteiger partial charge in [0.05, 0.1) is 16.4 Å². The fourth-order valence-corrected chi connectivity index (χ4v) is 6.37. The van der Waals surface area contributed by atoms with Gasteiger partial charge >= 0.3 is 11.9 Å². The summed E-state index contributed by atoms with van der Waals surface area (Å²) < 4.78 is 22.4. The number of hydrogen-bond acceptors (Lipinski definition) is 13. The van der Waals surface area contributed by atoms with Crippen LogP contribution in [0.5, 0.6) is 23.3 Å². The average molecular weight is 823 g/mol. The molecule has 12 nitrogen and oxygen atoms in total. The minimum Gasteiger partial charge on any atom is -0.439 e. The zero-order valence-corrected chi connectivity index (χ0v) is 34.7. The average Bonchev–Trinajstić information content (AvgIpc) is 3.68. The predicted octanol–water partition coefficient (Wildman–Crippen LogP) is 10.6. The van der Waals surface area contributed by atoms with Crippen molar-refractivity contribution in [2.24, 2.45) is 11.8 Å². The van der Waals surface area contributed by atoms with Crippen molar-refractivity contribution in [3.05, 3.63) is 156 Å². The Labute approximate surface area is 354 Å². The van der Waals surface area contributed by atoms with Gasteiger partial charge in [0.2, 0.25) is 24.0 Å². The van der Waals surface area contributed by atoms with E-state index in [1.54, 1.807) is 60.7 Å². The molecule has 306 valence electrons. The number of nitrogens with one attached hydrogen (secondary N) is 2. The van der Waals surface area contributed by atoms with E-state index < -0.39 is 36.2 Å². The number of carbonyl (C=O) groups excluding carboxylic acids is 2. The van der Waals surface area contributed by atoms with Crippen LogP contribution in [0.1, 0.15) is 56.9 Å². The Morgan fingerprint density at radius 2 is 1.03 bits per heavy atom. The first-order chi connectivity index (χ1) is 29.0. The van der Waals surface area contributed by atoms with E-state index in [9.17, 15) is 20.1 Å². The quantitative estimate of drug-likeness (QED) is 0.0888. The van der Waals surface area contributed by atoms with Crippen molar-refractivity contribution in [1.82, 2.24) is 9.97 Å². The maximum atomic E-state index is 12.8. The number of thiophene rings is 1. The van der Waals surface area contributed by atoms with Crippen LogP contribution in [0.4, 0.5) is 10.7 Å². The highest BCUT2D eigenvalue weighted by Gasteiger charge is 2.29. The lowest BCUT2D eigenvalue weighted by Gasteiger charge is -2.23. The van der Waals surface area contributed by atoms with Gasteiger partial charge in [-0.2, -0.15) is 10.5 Å². The summed E-state index contributed by atoms with van der Waals surface area (Å²) in [6.07, 6.45) is -2.28. The number of aryl methyl sites for hydroxylation is 1. The highest BCUT2D eigenvalue weighted by molar-refractivity contribution is 7.14. The van der Waals surface area contributed by atoms with E-state index in [4.69, 9.17) is 18.9 Å². The van der Waals surface area contributed by atoms with Gasteiger partial charge in [0.15, 0.2) is 0 Å². The minimum absolute atomic E-state index is 0.0278. The van der Waals surface area contributed by atoms with Crippen LogP contribution in [0.2, 0.25) is 0 Å². The fraction of sp³-hybridized carbons (Fsp3) is 0.234. The van der Waals surface area contributed by atoms with E-state index in [2.05, 4.69) is 20.6 Å². The molecular formula is C47H46N6O6S. The number of para-hydroxylation sites is 3. The summed E-state index contributed by atoms with van der Waals surface area (Å²) in [5, 5.41) is 28.5. The summed E-state index contributed by atoms with van der Waals surface area (Å²) in [5.74, 6) is 0.802. The summed E-state index contributed by atoms with van der Waals surface area (Å²) in [6.45, 7) is 9.67. The van der Waals surface area contributed by atoms with Gasteiger partial charge in [-0.3, -0.25) is 0 Å². The van der Waals surface area contributed by atoms with Gasteiger partial charge in [-0.15, -0.1) is 11.3 Å². The van der Waals surface area contributed by atoms with Crippen LogP contribution in [0, 0.1) is 41.4 Å². The molecule has 60 heavy (non-hydrogen) atoms. The summed E-state index contributed by atoms with van der Waals surface area (Å²) in [6, 6.07) is 42.7. The summed E-state index contributed by atoms with van der Waals surface area (Å²) in [7, 11) is 0. The summed E-state index contributed by atoms with van der Waals surface area (Å²) >= 11 is 1.52. The zero-order valence-electron chi connectivity index (χ0n) is 33.9. The molecule has 0 saturated heterocycles. The van der Waals surface area contributed by atoms with E-state index in [1.165, 1.54) is 11.3 Å². The SMILES string of the molecule is CC(C)C(Nc1ccccc1)C(=O)OC(C#N)c1cccc(Oc2ccccc2)n1.Cc1csc(NC(C(=O)OC(C#N)c2cccc(Oc3ccccc3)n2)C(C)C)c1. The molecule has 0 radical (unpaired) electrons. The molecule has 4 unspecified atom stereocenters. The first-order valence-corrected chi connectivity index (χ1v) is 20.1. The van der Waals surface area contributed by atoms with Crippen molar-refractivity contribution in [1.29, 1.82) is 10.5 Å². The molecule has 3 aromatic carbocycles. The Morgan fingerprint density at radius 1 is 0.600 bits per heavy atom. The van der Waals surface area contributed by atoms with E-state index in [0.717, 1.165) is 16.3 Å². The molecule has 0 bridgehead atoms. The molecule has 3 aromatic heterocycles. The number of nitrogens with zero attached hydrogens (tertiary/aromatic N) is 4. The fourth-order valence-electron chi connectivity index (χ4n) is 5.54. The Kier molecular flexibility index (Phi) is 16.1. The molecule has 0 aliphatic heterocycles. The molecular weight excluding hydrogens is 777 g/mol. The maximum Gasteiger partial charge on any atom is 0.330 e. The smallest absolute Gasteiger partial charge is 0.330 e. The van der Waals surface area contributed by atoms with Crippen molar-refractivity contribution in [3.63, 3.8) is 0 Å². The number of nitriles is 2. The number of esters is 2. The van der Waals surface area contributed by atoms with Crippen molar-refractivity contribution < 1.29 is 28.5 Å². The number of anilines is 2. The lowest BCUT2D eigenvalue weighted by atomic mass is 10.0. The van der Waals surface area contributed by atoms with E-state index in [-0.39, 0.29) is 11.8 Å². The molecule has 6 aromatic rings. The number of rotatable bonds is 16. The molecule has 0 amide bonds. The second-order valence-corrected chi connectivity index (χ2v) is 15.0. The predicted molar refractivity (Wildman–Crippen MR) is 230 cm³/mol. The first kappa shape index (κ1) is 43.9. The molecule has 0 fully saturated rings. The van der Waals surface area contributed by atoms with E-state index in [0.29, 0.717) is 34.6 Å². The van der Waals surface area contributed by atoms with Crippen molar-refractivity contribution >= 4 is 34.0 Å². The minimum atomic E-state index is -1.14. The highest BCUT2D eigenvalue weighted by Crippen LogP contribution is 2.27. The molecule has 0 aliphatic carbocycles. The summed E-state index contributed by atoms with van der Waals surface area (Å²) in [4.78, 5) is 34.3. The third kappa shape index (κ3) is 13.2. The largest absolute Gasteiger partial charge is 0.439 e. The van der Waals surface area contributed by atoms with Crippen LogP contribution in [0.3, 0.4) is 0 Å². The molecule has 6 rings (SSSR count). The van der Waals surface area contributed by atoms with Gasteiger partial charge in [0, 0.05) is 17.8 Å². The van der Waals surface area contributed by atoms with E-state index in [1.807, 2.05) is 125 Å². The molecule has 4 atom stereocenters. The van der Waals surface area contributed by atoms with Gasteiger partial charge in [-0.25, -0.2) is 19.6 Å². The van der Waals surface area contributed by atoms with Crippen molar-refractivity contribution in [2.75, 3.05) is 10.6 Å². The topological polar surface area (TPSA) is 168 Å². The molecule has 0 aliphatic rings. The van der Waals surface area contributed by atoms with E-state index >= 15 is 0 Å². The van der Waals surface area contributed by atoms with Crippen LogP contribution in [-0.2, 0) is 19.1 Å². The third-order valence-electron chi connectivity index (χ3n) is 8.63. The normalized spacial score (nSPS) is 12.6. The number of benzene rings is 3. The summed E-state index contributed by atoms with van der Waals surface area (Å²) in [5.41, 5.74) is 2.54. The molecule has 2 N–H and O–H groups in total. The number of pyridine rings is 2. The zero-order chi connectivity index (χ0) is 42.9. The standard InChI is InChI=1S/C24H23N3O3.C23H23N3O3S/c1-17(2)23(26-18-10-5-3-6-11-18)24(28)30-21(16-25)20-14-9-15-22(27-20)29-19-12-7-4-8-13-19;1-15(2)22(26-21-12-16(3)14-30-21)23(27)29-19(13-24)18-10-7-11-20(25-18)28-17-8-5-4-6-9-17/h3-15,17,21,23,26H,1-2H3;4-12,14-15,19,22,26H,1-3H3. The Balaban J connectivity index is 0.000000228. The van der Waals surface area contributed by atoms with Crippen LogP contribution < -0.4 is 20.1 Å². The van der Waals surface area contributed by atoms with Gasteiger partial charge in [0.25, 0.3) is 0 Å². The van der Waals surface area contributed by atoms with Gasteiger partial charge in [-0.05, 0) is 84.3 Å². The monoisotopic (exact) mass is 822 g/mol. The number of ether oxygens (including phenoxy) is 4. The van der Waals surface area contributed by atoms with Gasteiger partial charge < -0.3 is 29.6 Å². The molecule has 3 heterocycles. The van der Waals surface area contributed by atoms with Crippen LogP contribution in [0.15, 0.2) is 139 Å². The number of carbonyl (C=O) groups is 2. The molecule has 0 spiro atoms. The lowest BCUT2D eigenvalue weighted by molar-refractivity contribution is -0.149. The van der Waals surface area contributed by atoms with Crippen LogP contribution >= 0.6 is 11.3 Å². The van der Waals surface area contributed by atoms with Crippen molar-refractivity contribution in [2.45, 2.75) is 58.9 Å². The molecule has 13 heteroatoms. The van der Waals surface area contributed by atoms with Gasteiger partial charge in [0.1, 0.15) is 35.7 Å². The highest BCUT2D eigenvalue weighted by atomic mass is 32.1. The van der Waals surface area contributed by atoms with Gasteiger partial charge in [-0.1, -0.05) is 94.4 Å². The van der Waals surface area contributed by atoms with Crippen LogP contribution in [-0.4, -0.2) is 34.0 Å². The number of aromatic nitrogens is 2. The Morgan fingerprint density at radius 3 is 1.43 bits per heavy atom. The molecule has 0 saturated carbocycles. The number of hydrogen-bond donors (Lipinski definition) is 2. The third-order valence-corrected chi connectivity index (χ3v) is 9.61. The van der Waals surface area contributed by atoms with Crippen LogP contribution in [0.25, 0.3) is 0 Å². The first-order valence-electron chi connectivity index (χ1n) is 19.3. The second-order valence-electron chi connectivity index (χ2n) is 14.1. The Hall–Kier alpha value is -7.22.